The summed E-state index contributed by atoms with van der Waals surface area (Å²) in [5.74, 6) is -0.637. The van der Waals surface area contributed by atoms with Crippen molar-refractivity contribution in [3.63, 3.8) is 0 Å². The van der Waals surface area contributed by atoms with Gasteiger partial charge in [0.2, 0.25) is 5.69 Å². The van der Waals surface area contributed by atoms with Gasteiger partial charge in [0.25, 0.3) is 0 Å². The van der Waals surface area contributed by atoms with E-state index < -0.39 is 5.82 Å². The van der Waals surface area contributed by atoms with E-state index in [4.69, 9.17) is 6.57 Å². The number of hydrogen-bond donors (Lipinski definition) is 0. The van der Waals surface area contributed by atoms with Crippen LogP contribution >= 0.6 is 22.7 Å². The fourth-order valence-electron chi connectivity index (χ4n) is 7.64. The van der Waals surface area contributed by atoms with Crippen LogP contribution in [0.25, 0.3) is 94.9 Å². The molecule has 10 aromatic rings. The van der Waals surface area contributed by atoms with Gasteiger partial charge in [0, 0.05) is 52.8 Å². The van der Waals surface area contributed by atoms with E-state index >= 15 is 4.39 Å². The molecule has 3 nitrogen and oxygen atoms in total. The molecule has 0 saturated heterocycles. The normalized spacial score (nSPS) is 11.7. The fourth-order valence-corrected chi connectivity index (χ4v) is 10.1. The molecule has 0 amide bonds. The molecule has 0 aliphatic heterocycles. The molecule has 50 heavy (non-hydrogen) atoms. The van der Waals surface area contributed by atoms with Crippen LogP contribution in [0.1, 0.15) is 5.56 Å². The Morgan fingerprint density at radius 1 is 0.560 bits per heavy atom. The molecule has 0 bridgehead atoms. The van der Waals surface area contributed by atoms with Crippen LogP contribution in [-0.2, 0) is 0 Å². The Kier molecular flexibility index (Phi) is 6.22. The van der Waals surface area contributed by atoms with E-state index in [1.807, 2.05) is 60.7 Å². The van der Waals surface area contributed by atoms with E-state index in [0.29, 0.717) is 22.4 Å². The smallest absolute Gasteiger partial charge is 0.220 e. The Balaban J connectivity index is 1.54. The molecule has 0 saturated carbocycles. The van der Waals surface area contributed by atoms with E-state index in [9.17, 15) is 5.26 Å². The van der Waals surface area contributed by atoms with Crippen LogP contribution in [0.2, 0.25) is 0 Å². The number of halogens is 1. The van der Waals surface area contributed by atoms with E-state index in [1.165, 1.54) is 0 Å². The quantitative estimate of drug-likeness (QED) is 0.172. The molecular weight excluding hydrogens is 654 g/mol. The van der Waals surface area contributed by atoms with Gasteiger partial charge in [0.05, 0.1) is 38.3 Å². The number of fused-ring (bicyclic) bond motifs is 11. The molecule has 7 aromatic carbocycles. The van der Waals surface area contributed by atoms with Crippen molar-refractivity contribution in [1.82, 2.24) is 4.57 Å². The summed E-state index contributed by atoms with van der Waals surface area (Å²) in [6.45, 7) is 8.78. The molecule has 0 aliphatic rings. The fraction of sp³-hybridized carbons (Fsp3) is 0. The predicted octanol–water partition coefficient (Wildman–Crippen LogP) is 13.4. The number of thiophene rings is 2. The van der Waals surface area contributed by atoms with Gasteiger partial charge in [-0.05, 0) is 23.3 Å². The van der Waals surface area contributed by atoms with Crippen molar-refractivity contribution in [3.05, 3.63) is 156 Å². The van der Waals surface area contributed by atoms with Crippen LogP contribution in [0.3, 0.4) is 0 Å². The summed E-state index contributed by atoms with van der Waals surface area (Å²) in [5, 5.41) is 17.1. The Labute approximate surface area is 293 Å². The van der Waals surface area contributed by atoms with Crippen molar-refractivity contribution in [2.45, 2.75) is 0 Å². The first-order valence-corrected chi connectivity index (χ1v) is 17.8. The molecule has 0 unspecified atom stereocenters. The Morgan fingerprint density at radius 2 is 1.02 bits per heavy atom. The van der Waals surface area contributed by atoms with E-state index in [2.05, 4.69) is 88.3 Å². The van der Waals surface area contributed by atoms with Gasteiger partial charge in [-0.1, -0.05) is 121 Å². The van der Waals surface area contributed by atoms with Gasteiger partial charge in [-0.25, -0.2) is 9.24 Å². The van der Waals surface area contributed by atoms with Crippen LogP contribution in [0.5, 0.6) is 0 Å². The van der Waals surface area contributed by atoms with Gasteiger partial charge in [-0.15, -0.1) is 22.7 Å². The largest absolute Gasteiger partial charge is 0.316 e. The van der Waals surface area contributed by atoms with Crippen molar-refractivity contribution in [2.24, 2.45) is 0 Å². The van der Waals surface area contributed by atoms with Gasteiger partial charge >= 0.3 is 0 Å². The van der Waals surface area contributed by atoms with Crippen LogP contribution < -0.4 is 0 Å². The van der Waals surface area contributed by atoms with Crippen molar-refractivity contribution in [1.29, 1.82) is 5.26 Å². The minimum absolute atomic E-state index is 0.135. The zero-order valence-electron chi connectivity index (χ0n) is 26.2. The first-order valence-electron chi connectivity index (χ1n) is 16.1. The van der Waals surface area contributed by atoms with Crippen molar-refractivity contribution in [2.75, 3.05) is 0 Å². The SMILES string of the molecule is [C-]#[N+]c1c(-c2ccccc2)c(C#N)c(F)c(-c2ccccc2)c1-n1c2c(ccc3c4ccccc4sc32)c2ccc3c4ccccc4sc3c21. The minimum Gasteiger partial charge on any atom is -0.316 e. The van der Waals surface area contributed by atoms with E-state index in [-0.39, 0.29) is 16.8 Å². The van der Waals surface area contributed by atoms with Gasteiger partial charge in [0.1, 0.15) is 11.9 Å². The van der Waals surface area contributed by atoms with Crippen LogP contribution in [0.15, 0.2) is 133 Å². The van der Waals surface area contributed by atoms with Crippen molar-refractivity contribution in [3.8, 4) is 34.0 Å². The molecule has 6 heteroatoms. The maximum absolute atomic E-state index is 17.5. The lowest BCUT2D eigenvalue weighted by Crippen LogP contribution is -2.05. The molecular formula is C44H22FN3S2. The molecule has 0 atom stereocenters. The molecule has 0 fully saturated rings. The third-order valence-corrected chi connectivity index (χ3v) is 12.1. The summed E-state index contributed by atoms with van der Waals surface area (Å²) in [6.07, 6.45) is 0. The highest BCUT2D eigenvalue weighted by Crippen LogP contribution is 2.52. The summed E-state index contributed by atoms with van der Waals surface area (Å²) in [7, 11) is 0. The maximum atomic E-state index is 17.5. The summed E-state index contributed by atoms with van der Waals surface area (Å²) in [6, 6.07) is 46.3. The summed E-state index contributed by atoms with van der Waals surface area (Å²) in [5.41, 5.74) is 4.16. The summed E-state index contributed by atoms with van der Waals surface area (Å²) >= 11 is 3.42. The van der Waals surface area contributed by atoms with Crippen molar-refractivity contribution >= 4 is 90.5 Å². The third kappa shape index (κ3) is 3.86. The Morgan fingerprint density at radius 3 is 1.52 bits per heavy atom. The van der Waals surface area contributed by atoms with Crippen LogP contribution in [0.4, 0.5) is 10.1 Å². The van der Waals surface area contributed by atoms with E-state index in [1.54, 1.807) is 22.7 Å². The number of hydrogen-bond acceptors (Lipinski definition) is 3. The van der Waals surface area contributed by atoms with Gasteiger partial charge < -0.3 is 4.57 Å². The second kappa shape index (κ2) is 10.9. The topological polar surface area (TPSA) is 33.1 Å². The third-order valence-electron chi connectivity index (χ3n) is 9.74. The zero-order valence-corrected chi connectivity index (χ0v) is 27.9. The first-order chi connectivity index (χ1) is 24.7. The van der Waals surface area contributed by atoms with Gasteiger partial charge in [0.15, 0.2) is 0 Å². The monoisotopic (exact) mass is 675 g/mol. The highest BCUT2D eigenvalue weighted by atomic mass is 32.1. The molecule has 10 rings (SSSR count). The zero-order chi connectivity index (χ0) is 33.5. The molecule has 3 aromatic heterocycles. The summed E-state index contributed by atoms with van der Waals surface area (Å²) < 4.78 is 24.1. The number of nitriles is 1. The van der Waals surface area contributed by atoms with Crippen molar-refractivity contribution < 1.29 is 4.39 Å². The number of benzene rings is 7. The average molecular weight is 676 g/mol. The summed E-state index contributed by atoms with van der Waals surface area (Å²) in [4.78, 5) is 4.22. The lowest BCUT2D eigenvalue weighted by molar-refractivity contribution is 0.627. The second-order valence-corrected chi connectivity index (χ2v) is 14.4. The standard InChI is InChI=1S/C44H22FN3S2/c1-47-39-36(25-12-4-2-5-13-25)33(24-46)38(45)37(26-14-6-3-7-15-26)42(39)48-40-29(20-22-31-27-16-8-10-18-34(27)49-43(31)40)30-21-23-32-28-17-9-11-19-35(28)50-44(32)41(30)48/h2-23H. The maximum Gasteiger partial charge on any atom is 0.220 e. The number of nitrogens with zero attached hydrogens (tertiary/aromatic N) is 3. The molecule has 0 spiro atoms. The van der Waals surface area contributed by atoms with Gasteiger partial charge in [-0.2, -0.15) is 5.26 Å². The molecule has 0 N–H and O–H groups in total. The Bertz CT molecular complexity index is 2990. The lowest BCUT2D eigenvalue weighted by Gasteiger charge is -2.21. The number of aromatic nitrogens is 1. The molecule has 0 aliphatic carbocycles. The number of rotatable bonds is 3. The second-order valence-electron chi connectivity index (χ2n) is 12.3. The van der Waals surface area contributed by atoms with Gasteiger partial charge in [-0.3, -0.25) is 0 Å². The molecule has 3 heterocycles. The Hall–Kier alpha value is -6.31. The minimum atomic E-state index is -0.637. The highest BCUT2D eigenvalue weighted by Gasteiger charge is 2.31. The predicted molar refractivity (Wildman–Crippen MR) is 208 cm³/mol. The molecule has 0 radical (unpaired) electrons. The van der Waals surface area contributed by atoms with Crippen LogP contribution in [0, 0.1) is 23.7 Å². The van der Waals surface area contributed by atoms with E-state index in [0.717, 1.165) is 62.2 Å². The first kappa shape index (κ1) is 28.7. The average Bonchev–Trinajstić information content (AvgIpc) is 3.84. The highest BCUT2D eigenvalue weighted by molar-refractivity contribution is 7.27. The molecule has 232 valence electrons. The lowest BCUT2D eigenvalue weighted by atomic mass is 9.90. The van der Waals surface area contributed by atoms with Crippen LogP contribution in [-0.4, -0.2) is 4.57 Å².